The highest BCUT2D eigenvalue weighted by Crippen LogP contribution is 2.40. The summed E-state index contributed by atoms with van der Waals surface area (Å²) in [5.41, 5.74) is 0. The first kappa shape index (κ1) is 29.4. The third kappa shape index (κ3) is 13.0. The van der Waals surface area contributed by atoms with Crippen LogP contribution >= 0.6 is 0 Å². The topological polar surface area (TPSA) is 78.9 Å². The molecule has 6 heteroatoms. The molecule has 33 heavy (non-hydrogen) atoms. The zero-order valence-corrected chi connectivity index (χ0v) is 21.9. The highest BCUT2D eigenvalue weighted by atomic mass is 16.5. The van der Waals surface area contributed by atoms with E-state index in [-0.39, 0.29) is 36.2 Å². The van der Waals surface area contributed by atoms with Gasteiger partial charge in [0.2, 0.25) is 0 Å². The van der Waals surface area contributed by atoms with Crippen molar-refractivity contribution in [2.45, 2.75) is 137 Å². The van der Waals surface area contributed by atoms with Gasteiger partial charge in [-0.15, -0.1) is 0 Å². The second-order valence-corrected chi connectivity index (χ2v) is 10.0. The van der Waals surface area contributed by atoms with Crippen molar-refractivity contribution in [1.82, 2.24) is 0 Å². The molecule has 0 aromatic carbocycles. The van der Waals surface area contributed by atoms with E-state index in [0.717, 1.165) is 57.8 Å². The van der Waals surface area contributed by atoms with Gasteiger partial charge in [0.05, 0.1) is 18.3 Å². The molecule has 192 valence electrons. The third-order valence-corrected chi connectivity index (χ3v) is 6.99. The van der Waals surface area contributed by atoms with Gasteiger partial charge in [-0.05, 0) is 96.3 Å². The van der Waals surface area contributed by atoms with Gasteiger partial charge in [0.15, 0.2) is 0 Å². The van der Waals surface area contributed by atoms with Gasteiger partial charge < -0.3 is 14.2 Å². The van der Waals surface area contributed by atoms with Crippen molar-refractivity contribution in [3.63, 3.8) is 0 Å². The Bertz CT molecular complexity index is 502. The quantitative estimate of drug-likeness (QED) is 0.205. The van der Waals surface area contributed by atoms with E-state index in [1.165, 1.54) is 0 Å². The maximum Gasteiger partial charge on any atom is 0.306 e. The predicted octanol–water partition coefficient (Wildman–Crippen LogP) is 6.38. The van der Waals surface area contributed by atoms with Crippen LogP contribution in [0.3, 0.4) is 0 Å². The van der Waals surface area contributed by atoms with Crippen LogP contribution in [-0.2, 0) is 28.6 Å². The highest BCUT2D eigenvalue weighted by molar-refractivity contribution is 5.70. The first-order valence-electron chi connectivity index (χ1n) is 13.2. The maximum absolute atomic E-state index is 12.2. The minimum Gasteiger partial charge on any atom is -0.463 e. The second kappa shape index (κ2) is 16.1. The molecular formula is C27H48O6. The van der Waals surface area contributed by atoms with Crippen LogP contribution in [0.4, 0.5) is 0 Å². The fourth-order valence-electron chi connectivity index (χ4n) is 4.48. The summed E-state index contributed by atoms with van der Waals surface area (Å²) in [5.74, 6) is 0.852. The Morgan fingerprint density at radius 3 is 1.03 bits per heavy atom. The largest absolute Gasteiger partial charge is 0.463 e. The van der Waals surface area contributed by atoms with Crippen molar-refractivity contribution < 1.29 is 28.6 Å². The number of carbonyl (C=O) groups excluding carboxylic acids is 3. The van der Waals surface area contributed by atoms with Gasteiger partial charge in [-0.1, -0.05) is 20.8 Å². The molecule has 6 nitrogen and oxygen atoms in total. The Hall–Kier alpha value is -1.59. The minimum atomic E-state index is -0.128. The van der Waals surface area contributed by atoms with Gasteiger partial charge in [-0.2, -0.15) is 0 Å². The summed E-state index contributed by atoms with van der Waals surface area (Å²) >= 11 is 0. The van der Waals surface area contributed by atoms with Crippen molar-refractivity contribution in [3.05, 3.63) is 0 Å². The van der Waals surface area contributed by atoms with Crippen molar-refractivity contribution >= 4 is 17.9 Å². The van der Waals surface area contributed by atoms with Crippen molar-refractivity contribution in [3.8, 4) is 0 Å². The van der Waals surface area contributed by atoms with Gasteiger partial charge in [0.1, 0.15) is 0 Å². The Morgan fingerprint density at radius 1 is 0.576 bits per heavy atom. The number of carbonyl (C=O) groups is 3. The Morgan fingerprint density at radius 2 is 0.818 bits per heavy atom. The third-order valence-electron chi connectivity index (χ3n) is 6.99. The lowest BCUT2D eigenvalue weighted by Crippen LogP contribution is -2.26. The summed E-state index contributed by atoms with van der Waals surface area (Å²) in [6, 6.07) is 0. The normalized spacial score (nSPS) is 23.3. The molecule has 3 unspecified atom stereocenters. The van der Waals surface area contributed by atoms with E-state index in [1.54, 1.807) is 0 Å². The van der Waals surface area contributed by atoms with Crippen LogP contribution < -0.4 is 0 Å². The Kier molecular flexibility index (Phi) is 14.4. The molecule has 0 aromatic heterocycles. The van der Waals surface area contributed by atoms with Gasteiger partial charge in [-0.3, -0.25) is 14.4 Å². The first-order valence-corrected chi connectivity index (χ1v) is 13.2. The molecule has 0 aromatic rings. The first-order chi connectivity index (χ1) is 15.7. The maximum atomic E-state index is 12.2. The van der Waals surface area contributed by atoms with Gasteiger partial charge in [0.25, 0.3) is 0 Å². The van der Waals surface area contributed by atoms with E-state index in [2.05, 4.69) is 0 Å². The van der Waals surface area contributed by atoms with Gasteiger partial charge in [0, 0.05) is 19.3 Å². The number of rotatable bonds is 15. The molecule has 0 bridgehead atoms. The molecule has 1 aliphatic rings. The molecule has 0 radical (unpaired) electrons. The molecule has 1 rings (SSSR count). The number of hydrogen-bond acceptors (Lipinski definition) is 6. The summed E-state index contributed by atoms with van der Waals surface area (Å²) in [7, 11) is 0. The minimum absolute atomic E-state index is 0.0441. The van der Waals surface area contributed by atoms with E-state index in [9.17, 15) is 14.4 Å². The number of ether oxygens (including phenoxy) is 3. The van der Waals surface area contributed by atoms with Gasteiger partial charge >= 0.3 is 17.9 Å². The fourth-order valence-corrected chi connectivity index (χ4v) is 4.48. The number of hydrogen-bond donors (Lipinski definition) is 0. The highest BCUT2D eigenvalue weighted by Gasteiger charge is 2.30. The summed E-state index contributed by atoms with van der Waals surface area (Å²) < 4.78 is 16.3. The lowest BCUT2D eigenvalue weighted by Gasteiger charge is -2.35. The zero-order chi connectivity index (χ0) is 24.8. The smallest absolute Gasteiger partial charge is 0.306 e. The van der Waals surface area contributed by atoms with E-state index in [1.807, 2.05) is 41.5 Å². The molecule has 1 aliphatic carbocycles. The van der Waals surface area contributed by atoms with Crippen molar-refractivity contribution in [2.75, 3.05) is 0 Å². The molecule has 0 aliphatic heterocycles. The standard InChI is InChI=1S/C27H48O6/c1-7-19(4)31-25(28)13-10-22-16-23(11-14-26(29)32-20(5)8-2)18-24(17-22)12-15-27(30)33-21(6)9-3/h19-24H,7-18H2,1-6H3. The van der Waals surface area contributed by atoms with Crippen LogP contribution in [0, 0.1) is 17.8 Å². The van der Waals surface area contributed by atoms with E-state index in [0.29, 0.717) is 37.0 Å². The van der Waals surface area contributed by atoms with Crippen molar-refractivity contribution in [1.29, 1.82) is 0 Å². The fraction of sp³-hybridized carbons (Fsp3) is 0.889. The summed E-state index contributed by atoms with van der Waals surface area (Å²) in [5, 5.41) is 0. The SMILES string of the molecule is CCC(C)OC(=O)CCC1CC(CCC(=O)OC(C)CC)CC(CCC(=O)OC(C)CC)C1. The lowest BCUT2D eigenvalue weighted by molar-refractivity contribution is -0.149. The van der Waals surface area contributed by atoms with E-state index < -0.39 is 0 Å². The van der Waals surface area contributed by atoms with Crippen LogP contribution in [0.25, 0.3) is 0 Å². The molecule has 0 saturated heterocycles. The molecule has 0 amide bonds. The summed E-state index contributed by atoms with van der Waals surface area (Å²) in [4.78, 5) is 36.5. The average molecular weight is 469 g/mol. The molecule has 0 heterocycles. The molecule has 3 atom stereocenters. The van der Waals surface area contributed by atoms with E-state index >= 15 is 0 Å². The van der Waals surface area contributed by atoms with Crippen LogP contribution in [-0.4, -0.2) is 36.2 Å². The number of esters is 3. The molecule has 0 spiro atoms. The molecule has 1 saturated carbocycles. The van der Waals surface area contributed by atoms with Crippen molar-refractivity contribution in [2.24, 2.45) is 17.8 Å². The van der Waals surface area contributed by atoms with Crippen LogP contribution in [0.15, 0.2) is 0 Å². The molecule has 1 fully saturated rings. The lowest BCUT2D eigenvalue weighted by atomic mass is 9.71. The summed E-state index contributed by atoms with van der Waals surface area (Å²) in [6.45, 7) is 11.8. The monoisotopic (exact) mass is 468 g/mol. The van der Waals surface area contributed by atoms with Crippen LogP contribution in [0.5, 0.6) is 0 Å². The average Bonchev–Trinajstić information content (AvgIpc) is 2.79. The summed E-state index contributed by atoms with van der Waals surface area (Å²) in [6.07, 6.45) is 9.07. The molecular weight excluding hydrogens is 420 g/mol. The zero-order valence-electron chi connectivity index (χ0n) is 21.9. The van der Waals surface area contributed by atoms with Gasteiger partial charge in [-0.25, -0.2) is 0 Å². The van der Waals surface area contributed by atoms with E-state index in [4.69, 9.17) is 14.2 Å². The molecule has 0 N–H and O–H groups in total. The van der Waals surface area contributed by atoms with Crippen LogP contribution in [0.2, 0.25) is 0 Å². The Labute approximate surface area is 201 Å². The predicted molar refractivity (Wildman–Crippen MR) is 130 cm³/mol. The second-order valence-electron chi connectivity index (χ2n) is 10.0. The van der Waals surface area contributed by atoms with Crippen LogP contribution in [0.1, 0.15) is 119 Å². The Balaban J connectivity index is 2.62.